The molecule has 730 valence electrons. The molecule has 8 aromatic carbocycles. The first-order valence-corrected chi connectivity index (χ1v) is 44.0. The molecule has 129 heavy (non-hydrogen) atoms. The van der Waals surface area contributed by atoms with Crippen LogP contribution in [0.1, 0.15) is 117 Å². The predicted molar refractivity (Wildman–Crippen MR) is 513 cm³/mol. The number of carbonyl (C=O) groups excluding carboxylic acids is 6. The third-order valence-electron chi connectivity index (χ3n) is 13.1. The molecule has 10 rings (SSSR count). The summed E-state index contributed by atoms with van der Waals surface area (Å²) in [5.74, 6) is 3.92. The van der Waals surface area contributed by atoms with Gasteiger partial charge in [0.15, 0.2) is 0 Å². The van der Waals surface area contributed by atoms with Gasteiger partial charge in [0, 0.05) is 113 Å². The smallest absolute Gasteiger partial charge is 0.331 e. The van der Waals surface area contributed by atoms with Crippen molar-refractivity contribution in [2.24, 2.45) is 17.3 Å². The van der Waals surface area contributed by atoms with Crippen molar-refractivity contribution < 1.29 is 105 Å². The Morgan fingerprint density at radius 2 is 0.698 bits per heavy atom. The standard InChI is InChI=1S/C12H14N2O5S.C10H16N2O3S.C8H10ClNO3S.C8H11NO.C6H8N2.3C6H5NO2.C4H6N2O4S.C2Cl2O2.C2H7N.9CH4.Cl2O2S/c1-3-13-11(15)12(16)14(20(13,17)18)8-9-4-6-10(19-2)7-5-9;1-3-11-16(13,14)12-8-9-4-6-10(15-2)7-5-9;1-13-8-4-2-7(3-5-8)6-10-14(9,11)12;1-10-8-4-2-7(6-9)3-5-8;7-8-6-4-2-1-3-5-6;3*8-7(9)6-4-2-1-3-5-6;1-2-6-4(8)3(7)5-11(6,9)10;3-1(5)2(4)6;1-2-3;;;;;;;;;;1-5(2,3)4/h4-7H,3,8H2,1-2H3;4-7,11-12H,3,8H2,1-2H3;2-5,10H,6H2,1H3;2-5H,6,9H2,1H3;1-5,8H,7H2;3*1-5H;2H2,1H3,(H,5,7);;2-3H2,1H3;9*1H4;. The molecule has 2 aliphatic heterocycles. The summed E-state index contributed by atoms with van der Waals surface area (Å²) in [7, 11) is 1.18. The fourth-order valence-electron chi connectivity index (χ4n) is 7.67. The third kappa shape index (κ3) is 63.7. The number of halogens is 5. The number of ether oxygens (including phenoxy) is 4. The van der Waals surface area contributed by atoms with Crippen molar-refractivity contribution >= 4 is 160 Å². The van der Waals surface area contributed by atoms with Crippen LogP contribution in [0.2, 0.25) is 0 Å². The number of nitrogens with one attached hydrogen (secondary N) is 5. The average molecular weight is 2020 g/mol. The number of likely N-dealkylation sites (N-methyl/N-ethyl adjacent to an activating group) is 2. The van der Waals surface area contributed by atoms with E-state index >= 15 is 0 Å². The number of nitrogen functional groups attached to an aromatic ring is 1. The Balaban J connectivity index is -0.000000133. The predicted octanol–water partition coefficient (Wildman–Crippen LogP) is 14.1. The van der Waals surface area contributed by atoms with Crippen LogP contribution in [0.4, 0.5) is 22.7 Å². The Morgan fingerprint density at radius 1 is 0.426 bits per heavy atom. The number of anilines is 1. The molecule has 0 atom stereocenters. The van der Waals surface area contributed by atoms with E-state index in [1.54, 1.807) is 148 Å². The number of nitrogens with zero attached hydrogens (tertiary/aromatic N) is 6. The lowest BCUT2D eigenvalue weighted by Crippen LogP contribution is -2.35. The number of methoxy groups -OCH3 is 4. The van der Waals surface area contributed by atoms with E-state index in [-0.39, 0.29) is 117 Å². The number of hydrazine groups is 1. The normalized spacial score (nSPS) is 11.3. The number of nitrogens with two attached hydrogens (primary N) is 3. The summed E-state index contributed by atoms with van der Waals surface area (Å²) in [4.78, 5) is 92.1. The highest BCUT2D eigenvalue weighted by molar-refractivity contribution is 8.31. The average Bonchev–Trinajstić information content (AvgIpc) is 1.61. The van der Waals surface area contributed by atoms with Gasteiger partial charge in [0.25, 0.3) is 36.5 Å². The topological polar surface area (TPSA) is 587 Å². The zero-order valence-corrected chi connectivity index (χ0v) is 72.8. The van der Waals surface area contributed by atoms with Gasteiger partial charge in [-0.1, -0.05) is 202 Å². The molecule has 0 aromatic heterocycles. The minimum atomic E-state index is -4.05. The van der Waals surface area contributed by atoms with Crippen molar-refractivity contribution in [2.45, 2.75) is 121 Å². The number of hydrogen-bond acceptors (Lipinski definition) is 30. The fraction of sp³-hybridized carbons (Fsp3) is 0.316. The number of para-hydroxylation sites is 4. The quantitative estimate of drug-likeness (QED) is 0.0103. The van der Waals surface area contributed by atoms with Crippen molar-refractivity contribution in [2.75, 3.05) is 60.0 Å². The molecule has 0 spiro atoms. The minimum Gasteiger partial charge on any atom is -0.497 e. The minimum absolute atomic E-state index is 0. The van der Waals surface area contributed by atoms with E-state index in [1.165, 1.54) is 57.4 Å². The second-order valence-corrected chi connectivity index (χ2v) is 33.2. The zero-order valence-electron chi connectivity index (χ0n) is 64.9. The molecular formula is C79H123Cl5N14O26S5. The zero-order chi connectivity index (χ0) is 91.8. The Hall–Kier alpha value is -10.9. The van der Waals surface area contributed by atoms with Crippen molar-refractivity contribution in [3.8, 4) is 23.0 Å². The van der Waals surface area contributed by atoms with Gasteiger partial charge in [-0.2, -0.15) is 51.5 Å². The van der Waals surface area contributed by atoms with E-state index in [9.17, 15) is 92.8 Å². The monoisotopic (exact) mass is 2020 g/mol. The number of non-ortho nitro benzene ring substituents is 3. The molecule has 50 heteroatoms. The molecule has 11 N–H and O–H groups in total. The highest BCUT2D eigenvalue weighted by Crippen LogP contribution is 2.23. The summed E-state index contributed by atoms with van der Waals surface area (Å²) in [6.45, 7) is 8.48. The van der Waals surface area contributed by atoms with Gasteiger partial charge in [-0.3, -0.25) is 65.0 Å². The molecule has 2 heterocycles. The van der Waals surface area contributed by atoms with Gasteiger partial charge in [0.1, 0.15) is 23.0 Å². The van der Waals surface area contributed by atoms with Gasteiger partial charge in [-0.05, 0) is 127 Å². The van der Waals surface area contributed by atoms with E-state index in [4.69, 9.17) is 55.4 Å². The van der Waals surface area contributed by atoms with E-state index in [2.05, 4.69) is 64.2 Å². The molecule has 0 saturated carbocycles. The van der Waals surface area contributed by atoms with Gasteiger partial charge in [0.2, 0.25) is 0 Å². The first-order chi connectivity index (χ1) is 56.2. The maximum Gasteiger partial charge on any atom is 0.331 e. The lowest BCUT2D eigenvalue weighted by Gasteiger charge is -2.16. The molecule has 0 unspecified atom stereocenters. The van der Waals surface area contributed by atoms with Crippen molar-refractivity contribution in [3.63, 3.8) is 0 Å². The van der Waals surface area contributed by atoms with Crippen LogP contribution in [0.3, 0.4) is 0 Å². The maximum absolute atomic E-state index is 12.1. The molecule has 4 amide bonds. The van der Waals surface area contributed by atoms with Crippen LogP contribution in [-0.2, 0) is 103 Å². The fourth-order valence-corrected chi connectivity index (χ4v) is 11.5. The summed E-state index contributed by atoms with van der Waals surface area (Å²) in [6.07, 6.45) is 0. The summed E-state index contributed by atoms with van der Waals surface area (Å²) < 4.78 is 138. The molecule has 0 aliphatic carbocycles. The summed E-state index contributed by atoms with van der Waals surface area (Å²) in [5, 5.41) is 27.7. The molecule has 2 saturated heterocycles. The Morgan fingerprint density at radius 3 is 0.899 bits per heavy atom. The number of carbonyl (C=O) groups is 6. The van der Waals surface area contributed by atoms with Gasteiger partial charge in [-0.25, -0.2) is 22.4 Å². The lowest BCUT2D eigenvalue weighted by atomic mass is 10.2. The van der Waals surface area contributed by atoms with Crippen LogP contribution in [0, 0.1) is 30.3 Å². The van der Waals surface area contributed by atoms with E-state index in [0.29, 0.717) is 37.3 Å². The number of hydrogen-bond donors (Lipinski definition) is 8. The second-order valence-electron chi connectivity index (χ2n) is 21.5. The van der Waals surface area contributed by atoms with E-state index in [1.807, 2.05) is 73.7 Å². The van der Waals surface area contributed by atoms with Gasteiger partial charge >= 0.3 is 62.8 Å². The number of rotatable bonds is 22. The second kappa shape index (κ2) is 76.1. The molecule has 0 bridgehead atoms. The highest BCUT2D eigenvalue weighted by Gasteiger charge is 2.48. The van der Waals surface area contributed by atoms with Gasteiger partial charge in [0.05, 0.1) is 49.8 Å². The molecule has 2 fully saturated rings. The van der Waals surface area contributed by atoms with Crippen LogP contribution in [-0.4, -0.2) is 159 Å². The highest BCUT2D eigenvalue weighted by atomic mass is 36.0. The number of nitro benzene ring substituents is 3. The summed E-state index contributed by atoms with van der Waals surface area (Å²) >= 11 is 8.98. The lowest BCUT2D eigenvalue weighted by molar-refractivity contribution is -0.385. The first kappa shape index (κ1) is 141. The van der Waals surface area contributed by atoms with Crippen LogP contribution in [0.15, 0.2) is 218 Å². The van der Waals surface area contributed by atoms with Gasteiger partial charge in [-0.15, -0.1) is 0 Å². The molecule has 40 nitrogen and oxygen atoms in total. The number of nitro groups is 3. The van der Waals surface area contributed by atoms with Crippen LogP contribution < -0.4 is 60.6 Å². The SMILES string of the molecule is C.C.C.C.C.C.C.C.C.CCN.CCN1C(=O)C(=O)N(Cc2ccc(OC)cc2)S1(=O)=O.CCN1C(=O)C(=O)NS1(=O)=O.CCNS(=O)(=O)NCc1ccc(OC)cc1.COc1ccc(CN)cc1.COc1ccc(CNS(=O)(=O)Cl)cc1.NNc1ccccc1.O=C(Cl)C(=O)Cl.O=S(=O)(Cl)Cl.O=[N+]([O-])c1ccccc1.O=[N+]([O-])c1ccccc1.O=[N+]([O-])c1ccccc1. The van der Waals surface area contributed by atoms with E-state index in [0.717, 1.165) is 46.2 Å². The Labute approximate surface area is 783 Å². The third-order valence-corrected chi connectivity index (χ3v) is 18.9. The van der Waals surface area contributed by atoms with Crippen molar-refractivity contribution in [1.82, 2.24) is 31.8 Å². The van der Waals surface area contributed by atoms with Crippen molar-refractivity contribution in [3.05, 3.63) is 271 Å². The molecular weight excluding hydrogens is 1900 g/mol. The van der Waals surface area contributed by atoms with Crippen LogP contribution in [0.5, 0.6) is 23.0 Å². The van der Waals surface area contributed by atoms with Crippen LogP contribution in [0.25, 0.3) is 0 Å². The maximum atomic E-state index is 12.1. The first-order valence-electron chi connectivity index (χ1n) is 33.5. The Bertz CT molecular complexity index is 4900. The van der Waals surface area contributed by atoms with Gasteiger partial charge < -0.3 is 35.8 Å². The summed E-state index contributed by atoms with van der Waals surface area (Å²) in [6, 6.07) is 61.9. The van der Waals surface area contributed by atoms with Crippen molar-refractivity contribution in [1.29, 1.82) is 0 Å². The van der Waals surface area contributed by atoms with Crippen LogP contribution >= 0.6 is 55.2 Å². The molecule has 8 aromatic rings. The molecule has 2 aliphatic rings. The largest absolute Gasteiger partial charge is 0.497 e. The molecule has 0 radical (unpaired) electrons. The van der Waals surface area contributed by atoms with E-state index < -0.39 is 97.0 Å². The number of amides is 4. The summed E-state index contributed by atoms with van der Waals surface area (Å²) in [5.41, 5.74) is 17.5. The number of benzene rings is 8. The Kier molecular flexibility index (Phi) is 83.3.